The molecule has 0 unspecified atom stereocenters. The Labute approximate surface area is 173 Å². The summed E-state index contributed by atoms with van der Waals surface area (Å²) in [7, 11) is 0. The fourth-order valence-electron chi connectivity index (χ4n) is 3.08. The van der Waals surface area contributed by atoms with Gasteiger partial charge < -0.3 is 10.2 Å². The van der Waals surface area contributed by atoms with Gasteiger partial charge in [0.15, 0.2) is 0 Å². The van der Waals surface area contributed by atoms with Gasteiger partial charge >= 0.3 is 0 Å². The summed E-state index contributed by atoms with van der Waals surface area (Å²) >= 11 is 18.0. The normalized spacial score (nSPS) is 14.9. The van der Waals surface area contributed by atoms with Gasteiger partial charge in [0, 0.05) is 24.6 Å². The highest BCUT2D eigenvalue weighted by Crippen LogP contribution is 2.33. The first kappa shape index (κ1) is 20.0. The summed E-state index contributed by atoms with van der Waals surface area (Å²) in [6.45, 7) is 3.07. The van der Waals surface area contributed by atoms with Crippen LogP contribution >= 0.6 is 34.8 Å². The van der Waals surface area contributed by atoms with Crippen LogP contribution in [-0.4, -0.2) is 29.8 Å². The number of aryl methyl sites for hydroxylation is 1. The topological polar surface area (TPSA) is 49.4 Å². The van der Waals surface area contributed by atoms with Crippen molar-refractivity contribution in [2.75, 3.05) is 18.4 Å². The zero-order valence-electron chi connectivity index (χ0n) is 14.8. The molecule has 1 aliphatic heterocycles. The molecule has 1 aliphatic rings. The molecular weight excluding hydrogens is 407 g/mol. The van der Waals surface area contributed by atoms with E-state index in [9.17, 15) is 9.59 Å². The van der Waals surface area contributed by atoms with E-state index in [4.69, 9.17) is 34.8 Å². The molecule has 1 fully saturated rings. The number of anilines is 1. The fraction of sp³-hybridized carbons (Fsp3) is 0.300. The highest BCUT2D eigenvalue weighted by Gasteiger charge is 2.28. The number of rotatable bonds is 3. The molecule has 0 radical (unpaired) electrons. The maximum absolute atomic E-state index is 12.6. The van der Waals surface area contributed by atoms with Crippen LogP contribution in [-0.2, 0) is 4.79 Å². The number of benzene rings is 2. The summed E-state index contributed by atoms with van der Waals surface area (Å²) < 4.78 is 0. The van der Waals surface area contributed by atoms with Crippen molar-refractivity contribution in [2.45, 2.75) is 19.8 Å². The van der Waals surface area contributed by atoms with Gasteiger partial charge in [-0.2, -0.15) is 0 Å². The Kier molecular flexibility index (Phi) is 6.30. The second-order valence-electron chi connectivity index (χ2n) is 6.67. The first-order valence-electron chi connectivity index (χ1n) is 8.66. The van der Waals surface area contributed by atoms with Gasteiger partial charge in [-0.05, 0) is 44.0 Å². The Hall–Kier alpha value is -1.75. The summed E-state index contributed by atoms with van der Waals surface area (Å²) in [5.74, 6) is -0.309. The molecule has 142 valence electrons. The number of carbonyl (C=O) groups is 2. The van der Waals surface area contributed by atoms with E-state index in [1.165, 1.54) is 6.07 Å². The Morgan fingerprint density at radius 3 is 2.19 bits per heavy atom. The number of nitrogens with one attached hydrogen (secondary N) is 1. The minimum Gasteiger partial charge on any atom is -0.339 e. The molecule has 2 aromatic rings. The number of piperidine rings is 1. The number of carbonyl (C=O) groups excluding carboxylic acids is 2. The Morgan fingerprint density at radius 2 is 1.56 bits per heavy atom. The molecule has 1 N–H and O–H groups in total. The van der Waals surface area contributed by atoms with E-state index in [0.717, 1.165) is 5.56 Å². The summed E-state index contributed by atoms with van der Waals surface area (Å²) in [4.78, 5) is 26.9. The Morgan fingerprint density at radius 1 is 0.963 bits per heavy atom. The molecule has 1 saturated heterocycles. The van der Waals surface area contributed by atoms with Crippen molar-refractivity contribution in [1.82, 2.24) is 4.90 Å². The summed E-state index contributed by atoms with van der Waals surface area (Å²) in [5, 5.41) is 3.81. The zero-order valence-corrected chi connectivity index (χ0v) is 17.0. The first-order valence-corrected chi connectivity index (χ1v) is 9.80. The second-order valence-corrected chi connectivity index (χ2v) is 7.89. The number of hydrogen-bond donors (Lipinski definition) is 1. The molecular formula is C20H19Cl3N2O2. The molecule has 0 aromatic heterocycles. The third kappa shape index (κ3) is 4.75. The van der Waals surface area contributed by atoms with Crippen molar-refractivity contribution in [3.05, 3.63) is 62.6 Å². The number of hydrogen-bond acceptors (Lipinski definition) is 2. The highest BCUT2D eigenvalue weighted by molar-refractivity contribution is 6.44. The lowest BCUT2D eigenvalue weighted by Crippen LogP contribution is -2.41. The molecule has 27 heavy (non-hydrogen) atoms. The lowest BCUT2D eigenvalue weighted by atomic mass is 9.95. The van der Waals surface area contributed by atoms with Crippen molar-refractivity contribution < 1.29 is 9.59 Å². The smallest absolute Gasteiger partial charge is 0.253 e. The van der Waals surface area contributed by atoms with Gasteiger partial charge in [0.25, 0.3) is 5.91 Å². The summed E-state index contributed by atoms with van der Waals surface area (Å²) in [5.41, 5.74) is 2.23. The van der Waals surface area contributed by atoms with E-state index in [-0.39, 0.29) is 17.7 Å². The fourth-order valence-corrected chi connectivity index (χ4v) is 3.67. The second kappa shape index (κ2) is 8.51. The average Bonchev–Trinajstić information content (AvgIpc) is 2.66. The van der Waals surface area contributed by atoms with E-state index >= 15 is 0 Å². The first-order chi connectivity index (χ1) is 12.8. The van der Waals surface area contributed by atoms with E-state index < -0.39 is 0 Å². The minimum absolute atomic E-state index is 0.00128. The largest absolute Gasteiger partial charge is 0.339 e. The van der Waals surface area contributed by atoms with Gasteiger partial charge in [-0.15, -0.1) is 0 Å². The molecule has 7 heteroatoms. The van der Waals surface area contributed by atoms with Crippen LogP contribution < -0.4 is 5.32 Å². The van der Waals surface area contributed by atoms with E-state index in [1.54, 1.807) is 11.0 Å². The lowest BCUT2D eigenvalue weighted by molar-refractivity contribution is -0.121. The quantitative estimate of drug-likeness (QED) is 0.665. The van der Waals surface area contributed by atoms with Crippen LogP contribution in [0.5, 0.6) is 0 Å². The van der Waals surface area contributed by atoms with E-state index in [2.05, 4.69) is 5.32 Å². The molecule has 2 aromatic carbocycles. The van der Waals surface area contributed by atoms with Crippen LogP contribution in [0.1, 0.15) is 28.8 Å². The Bertz CT molecular complexity index is 860. The molecule has 1 heterocycles. The zero-order chi connectivity index (χ0) is 19.6. The number of likely N-dealkylation sites (tertiary alicyclic amines) is 1. The van der Waals surface area contributed by atoms with Crippen LogP contribution in [0.3, 0.4) is 0 Å². The van der Waals surface area contributed by atoms with Gasteiger partial charge in [-0.25, -0.2) is 0 Å². The third-order valence-electron chi connectivity index (χ3n) is 4.72. The van der Waals surface area contributed by atoms with Crippen LogP contribution in [0.4, 0.5) is 5.69 Å². The van der Waals surface area contributed by atoms with E-state index in [1.807, 2.05) is 31.2 Å². The molecule has 0 saturated carbocycles. The van der Waals surface area contributed by atoms with Gasteiger partial charge in [-0.1, -0.05) is 52.5 Å². The van der Waals surface area contributed by atoms with Crippen LogP contribution in [0.2, 0.25) is 15.1 Å². The SMILES string of the molecule is Cc1ccc(C(=O)N2CCC(C(=O)Nc3cc(Cl)c(Cl)cc3Cl)CC2)cc1. The average molecular weight is 426 g/mol. The number of halogens is 3. The van der Waals surface area contributed by atoms with Gasteiger partial charge in [0.05, 0.1) is 20.8 Å². The standard InChI is InChI=1S/C20H19Cl3N2O2/c1-12-2-4-14(5-3-12)20(27)25-8-6-13(7-9-25)19(26)24-18-11-16(22)15(21)10-17(18)23/h2-5,10-11,13H,6-9H2,1H3,(H,24,26). The molecule has 0 bridgehead atoms. The summed E-state index contributed by atoms with van der Waals surface area (Å²) in [6, 6.07) is 10.6. The predicted molar refractivity (Wildman–Crippen MR) is 110 cm³/mol. The maximum atomic E-state index is 12.6. The number of nitrogens with zero attached hydrogens (tertiary/aromatic N) is 1. The maximum Gasteiger partial charge on any atom is 0.253 e. The number of amides is 2. The van der Waals surface area contributed by atoms with Crippen LogP contribution in [0.25, 0.3) is 0 Å². The van der Waals surface area contributed by atoms with Crippen molar-refractivity contribution in [2.24, 2.45) is 5.92 Å². The Balaban J connectivity index is 1.58. The van der Waals surface area contributed by atoms with E-state index in [0.29, 0.717) is 52.2 Å². The summed E-state index contributed by atoms with van der Waals surface area (Å²) in [6.07, 6.45) is 1.20. The predicted octanol–water partition coefficient (Wildman–Crippen LogP) is 5.45. The van der Waals surface area contributed by atoms with Gasteiger partial charge in [0.1, 0.15) is 0 Å². The van der Waals surface area contributed by atoms with Crippen molar-refractivity contribution in [1.29, 1.82) is 0 Å². The lowest BCUT2D eigenvalue weighted by Gasteiger charge is -2.31. The molecule has 0 atom stereocenters. The van der Waals surface area contributed by atoms with Crippen LogP contribution in [0.15, 0.2) is 36.4 Å². The molecule has 0 spiro atoms. The third-order valence-corrected chi connectivity index (χ3v) is 5.75. The van der Waals surface area contributed by atoms with Crippen LogP contribution in [0, 0.1) is 12.8 Å². The van der Waals surface area contributed by atoms with Crippen molar-refractivity contribution in [3.63, 3.8) is 0 Å². The highest BCUT2D eigenvalue weighted by atomic mass is 35.5. The van der Waals surface area contributed by atoms with Crippen molar-refractivity contribution in [3.8, 4) is 0 Å². The molecule has 3 rings (SSSR count). The van der Waals surface area contributed by atoms with Gasteiger partial charge in [0.2, 0.25) is 5.91 Å². The molecule has 0 aliphatic carbocycles. The minimum atomic E-state index is -0.183. The molecule has 4 nitrogen and oxygen atoms in total. The van der Waals surface area contributed by atoms with Crippen molar-refractivity contribution >= 4 is 52.3 Å². The molecule has 2 amide bonds. The monoisotopic (exact) mass is 424 g/mol. The van der Waals surface area contributed by atoms with Gasteiger partial charge in [-0.3, -0.25) is 9.59 Å².